The second-order valence-electron chi connectivity index (χ2n) is 6.63. The van der Waals surface area contributed by atoms with Gasteiger partial charge in [-0.25, -0.2) is 0 Å². The summed E-state index contributed by atoms with van der Waals surface area (Å²) in [5.74, 6) is 0.0317. The van der Waals surface area contributed by atoms with E-state index < -0.39 is 6.10 Å². The number of aliphatic hydroxyl groups excluding tert-OH is 1. The summed E-state index contributed by atoms with van der Waals surface area (Å²) in [6.07, 6.45) is 1.61. The van der Waals surface area contributed by atoms with Gasteiger partial charge in [0.25, 0.3) is 0 Å². The normalized spacial score (nSPS) is 43.8. The van der Waals surface area contributed by atoms with Crippen molar-refractivity contribution in [1.82, 2.24) is 0 Å². The molecule has 2 bridgehead atoms. The molecule has 0 saturated heterocycles. The number of fused-ring (bicyclic) bond motifs is 3. The summed E-state index contributed by atoms with van der Waals surface area (Å²) in [7, 11) is 0. The van der Waals surface area contributed by atoms with Crippen LogP contribution in [0.25, 0.3) is 0 Å². The predicted octanol–water partition coefficient (Wildman–Crippen LogP) is 1.92. The first kappa shape index (κ1) is 12.1. The van der Waals surface area contributed by atoms with Crippen molar-refractivity contribution in [2.45, 2.75) is 64.8 Å². The van der Waals surface area contributed by atoms with Crippen molar-refractivity contribution < 1.29 is 14.6 Å². The lowest BCUT2D eigenvalue weighted by Gasteiger charge is -2.52. The van der Waals surface area contributed by atoms with Gasteiger partial charge in [-0.15, -0.1) is 0 Å². The Morgan fingerprint density at radius 2 is 2.06 bits per heavy atom. The molecule has 0 aromatic rings. The highest BCUT2D eigenvalue weighted by molar-refractivity contribution is 5.84. The Bertz CT molecular complexity index is 305. The highest BCUT2D eigenvalue weighted by Gasteiger charge is 2.54. The standard InChI is InChI=1S/C13H22O3/c1-12(2,3)16-11-5-8-9(14)6-13(11,4)7-10(8)15/h8-9,11,14H,5-7H2,1-4H3/t8-,9+,11-,13-/m0/s1. The highest BCUT2D eigenvalue weighted by Crippen LogP contribution is 2.50. The minimum absolute atomic E-state index is 0.110. The van der Waals surface area contributed by atoms with E-state index in [4.69, 9.17) is 4.74 Å². The van der Waals surface area contributed by atoms with E-state index in [1.54, 1.807) is 0 Å². The van der Waals surface area contributed by atoms with Crippen LogP contribution in [0, 0.1) is 11.3 Å². The molecule has 3 fully saturated rings. The largest absolute Gasteiger partial charge is 0.392 e. The van der Waals surface area contributed by atoms with Gasteiger partial charge in [0.2, 0.25) is 0 Å². The van der Waals surface area contributed by atoms with E-state index in [1.807, 2.05) is 20.8 Å². The molecule has 92 valence electrons. The minimum Gasteiger partial charge on any atom is -0.392 e. The molecule has 3 saturated carbocycles. The van der Waals surface area contributed by atoms with Crippen LogP contribution < -0.4 is 0 Å². The number of Topliss-reactive ketones (excluding diaryl/α,β-unsaturated/α-hetero) is 1. The molecule has 0 radical (unpaired) electrons. The molecule has 0 aromatic carbocycles. The average Bonchev–Trinajstić information content (AvgIpc) is 2.04. The third-order valence-electron chi connectivity index (χ3n) is 3.87. The molecule has 0 spiro atoms. The molecular weight excluding hydrogens is 204 g/mol. The number of ketones is 1. The van der Waals surface area contributed by atoms with Crippen molar-refractivity contribution in [2.24, 2.45) is 11.3 Å². The Morgan fingerprint density at radius 3 is 2.50 bits per heavy atom. The van der Waals surface area contributed by atoms with Crippen LogP contribution in [0.2, 0.25) is 0 Å². The van der Waals surface area contributed by atoms with Crippen LogP contribution in [-0.4, -0.2) is 28.7 Å². The lowest BCUT2D eigenvalue weighted by atomic mass is 9.58. The molecule has 0 heterocycles. The van der Waals surface area contributed by atoms with Gasteiger partial charge in [0.05, 0.1) is 17.8 Å². The Balaban J connectivity index is 2.17. The number of rotatable bonds is 1. The van der Waals surface area contributed by atoms with Crippen LogP contribution in [-0.2, 0) is 9.53 Å². The fourth-order valence-corrected chi connectivity index (χ4v) is 3.10. The summed E-state index contributed by atoms with van der Waals surface area (Å²) in [4.78, 5) is 11.8. The molecule has 0 unspecified atom stereocenters. The van der Waals surface area contributed by atoms with E-state index in [0.29, 0.717) is 19.3 Å². The second-order valence-corrected chi connectivity index (χ2v) is 6.63. The Kier molecular flexibility index (Phi) is 2.67. The second kappa shape index (κ2) is 3.54. The van der Waals surface area contributed by atoms with Crippen molar-refractivity contribution in [3.8, 4) is 0 Å². The van der Waals surface area contributed by atoms with E-state index >= 15 is 0 Å². The van der Waals surface area contributed by atoms with E-state index in [9.17, 15) is 9.90 Å². The first-order valence-corrected chi connectivity index (χ1v) is 6.10. The van der Waals surface area contributed by atoms with Crippen molar-refractivity contribution in [2.75, 3.05) is 0 Å². The third-order valence-corrected chi connectivity index (χ3v) is 3.87. The summed E-state index contributed by atoms with van der Waals surface area (Å²) in [6, 6.07) is 0. The Hall–Kier alpha value is -0.410. The topological polar surface area (TPSA) is 46.5 Å². The maximum absolute atomic E-state index is 11.8. The molecule has 0 aliphatic heterocycles. The molecule has 1 N–H and O–H groups in total. The number of carbonyl (C=O) groups is 1. The number of hydrogen-bond donors (Lipinski definition) is 1. The summed E-state index contributed by atoms with van der Waals surface area (Å²) >= 11 is 0. The van der Waals surface area contributed by atoms with Gasteiger partial charge in [0.1, 0.15) is 5.78 Å². The molecule has 3 aliphatic carbocycles. The van der Waals surface area contributed by atoms with Crippen LogP contribution in [0.3, 0.4) is 0 Å². The van der Waals surface area contributed by atoms with Crippen molar-refractivity contribution in [3.05, 3.63) is 0 Å². The van der Waals surface area contributed by atoms with Gasteiger partial charge in [-0.05, 0) is 33.6 Å². The summed E-state index contributed by atoms with van der Waals surface area (Å²) < 4.78 is 6.05. The lowest BCUT2D eigenvalue weighted by Crippen LogP contribution is -2.57. The maximum Gasteiger partial charge on any atom is 0.139 e. The van der Waals surface area contributed by atoms with Crippen LogP contribution in [0.15, 0.2) is 0 Å². The molecule has 16 heavy (non-hydrogen) atoms. The highest BCUT2D eigenvalue weighted by atomic mass is 16.5. The fraction of sp³-hybridized carbons (Fsp3) is 0.923. The first-order valence-electron chi connectivity index (χ1n) is 6.10. The zero-order valence-electron chi connectivity index (χ0n) is 10.6. The first-order chi connectivity index (χ1) is 7.21. The zero-order valence-corrected chi connectivity index (χ0v) is 10.6. The van der Waals surface area contributed by atoms with Crippen LogP contribution >= 0.6 is 0 Å². The molecule has 4 atom stereocenters. The lowest BCUT2D eigenvalue weighted by molar-refractivity contribution is -0.190. The molecular formula is C13H22O3. The molecule has 3 rings (SSSR count). The molecule has 0 amide bonds. The Morgan fingerprint density at radius 1 is 1.44 bits per heavy atom. The average molecular weight is 226 g/mol. The molecule has 3 aliphatic rings. The maximum atomic E-state index is 11.8. The van der Waals surface area contributed by atoms with Gasteiger partial charge in [-0.1, -0.05) is 6.92 Å². The molecule has 3 nitrogen and oxygen atoms in total. The SMILES string of the molecule is CC(C)(C)O[C@H]1C[C@@H]2C(=O)C[C@]1(C)C[C@H]2O. The summed E-state index contributed by atoms with van der Waals surface area (Å²) in [5.41, 5.74) is -0.350. The van der Waals surface area contributed by atoms with E-state index in [-0.39, 0.29) is 28.8 Å². The predicted molar refractivity (Wildman–Crippen MR) is 61.1 cm³/mol. The van der Waals surface area contributed by atoms with Crippen molar-refractivity contribution in [3.63, 3.8) is 0 Å². The smallest absolute Gasteiger partial charge is 0.139 e. The van der Waals surface area contributed by atoms with Gasteiger partial charge >= 0.3 is 0 Å². The number of ether oxygens (including phenoxy) is 1. The van der Waals surface area contributed by atoms with Gasteiger partial charge in [0.15, 0.2) is 0 Å². The van der Waals surface area contributed by atoms with Crippen LogP contribution in [0.5, 0.6) is 0 Å². The van der Waals surface area contributed by atoms with Crippen LogP contribution in [0.4, 0.5) is 0 Å². The van der Waals surface area contributed by atoms with Gasteiger partial charge < -0.3 is 9.84 Å². The number of carbonyl (C=O) groups excluding carboxylic acids is 1. The van der Waals surface area contributed by atoms with Gasteiger partial charge in [0, 0.05) is 17.8 Å². The van der Waals surface area contributed by atoms with Gasteiger partial charge in [-0.3, -0.25) is 4.79 Å². The summed E-state index contributed by atoms with van der Waals surface area (Å²) in [6.45, 7) is 8.19. The summed E-state index contributed by atoms with van der Waals surface area (Å²) in [5, 5.41) is 9.87. The number of hydrogen-bond acceptors (Lipinski definition) is 3. The molecule has 0 aromatic heterocycles. The number of aliphatic hydroxyl groups is 1. The fourth-order valence-electron chi connectivity index (χ4n) is 3.10. The zero-order chi connectivity index (χ0) is 12.1. The monoisotopic (exact) mass is 226 g/mol. The van der Waals surface area contributed by atoms with Gasteiger partial charge in [-0.2, -0.15) is 0 Å². The third kappa shape index (κ3) is 2.03. The van der Waals surface area contributed by atoms with Crippen molar-refractivity contribution in [1.29, 1.82) is 0 Å². The minimum atomic E-state index is -0.453. The quantitative estimate of drug-likeness (QED) is 0.743. The van der Waals surface area contributed by atoms with Crippen molar-refractivity contribution >= 4 is 5.78 Å². The van der Waals surface area contributed by atoms with E-state index in [2.05, 4.69) is 6.92 Å². The van der Waals surface area contributed by atoms with E-state index in [0.717, 1.165) is 0 Å². The van der Waals surface area contributed by atoms with Crippen LogP contribution in [0.1, 0.15) is 47.0 Å². The Labute approximate surface area is 97.2 Å². The van der Waals surface area contributed by atoms with E-state index in [1.165, 1.54) is 0 Å². The molecule has 3 heteroatoms.